The highest BCUT2D eigenvalue weighted by atomic mass is 35.5. The first-order valence-corrected chi connectivity index (χ1v) is 7.22. The Morgan fingerprint density at radius 1 is 1.38 bits per heavy atom. The van der Waals surface area contributed by atoms with Crippen molar-refractivity contribution in [1.82, 2.24) is 9.96 Å². The van der Waals surface area contributed by atoms with Gasteiger partial charge in [0.2, 0.25) is 0 Å². The number of oxime groups is 1. The van der Waals surface area contributed by atoms with Crippen LogP contribution in [0, 0.1) is 0 Å². The summed E-state index contributed by atoms with van der Waals surface area (Å²) in [6.07, 6.45) is 1.44. The molecular formula is C14H16ClN3O3. The number of fused-ring (bicyclic) bond motifs is 2. The first-order chi connectivity index (χ1) is 10.2. The maximum absolute atomic E-state index is 12.4. The number of carbonyl (C=O) groups is 1. The van der Waals surface area contributed by atoms with E-state index in [9.17, 15) is 4.79 Å². The molecule has 1 aromatic carbocycles. The first kappa shape index (κ1) is 14.2. The SMILES string of the molecule is O=C1N(OCc2ccccc2)C2CC[C@@H](/C(Cl)=N/O)N1C2. The maximum atomic E-state index is 12.4. The molecule has 2 atom stereocenters. The average molecular weight is 310 g/mol. The van der Waals surface area contributed by atoms with E-state index in [0.717, 1.165) is 12.0 Å². The normalized spacial score (nSPS) is 25.6. The average Bonchev–Trinajstić information content (AvgIpc) is 2.77. The van der Waals surface area contributed by atoms with Crippen LogP contribution in [0.3, 0.4) is 0 Å². The molecule has 112 valence electrons. The Hall–Kier alpha value is -1.79. The molecule has 0 spiro atoms. The zero-order valence-corrected chi connectivity index (χ0v) is 12.1. The van der Waals surface area contributed by atoms with Gasteiger partial charge in [-0.15, -0.1) is 0 Å². The highest BCUT2D eigenvalue weighted by Gasteiger charge is 2.47. The molecule has 0 saturated carbocycles. The van der Waals surface area contributed by atoms with Gasteiger partial charge in [0.25, 0.3) is 0 Å². The molecule has 1 unspecified atom stereocenters. The summed E-state index contributed by atoms with van der Waals surface area (Å²) in [6.45, 7) is 0.896. The minimum Gasteiger partial charge on any atom is -0.410 e. The Morgan fingerprint density at radius 3 is 2.86 bits per heavy atom. The van der Waals surface area contributed by atoms with E-state index >= 15 is 0 Å². The number of nitrogens with zero attached hydrogens (tertiary/aromatic N) is 3. The van der Waals surface area contributed by atoms with Crippen molar-refractivity contribution < 1.29 is 14.8 Å². The number of hydroxylamine groups is 2. The van der Waals surface area contributed by atoms with Crippen molar-refractivity contribution in [3.05, 3.63) is 35.9 Å². The molecule has 3 rings (SSSR count). The fourth-order valence-corrected chi connectivity index (χ4v) is 3.06. The lowest BCUT2D eigenvalue weighted by Gasteiger charge is -2.28. The predicted molar refractivity (Wildman–Crippen MR) is 77.1 cm³/mol. The van der Waals surface area contributed by atoms with Crippen LogP contribution in [0.25, 0.3) is 0 Å². The van der Waals surface area contributed by atoms with Gasteiger partial charge >= 0.3 is 6.03 Å². The van der Waals surface area contributed by atoms with Crippen LogP contribution in [0.5, 0.6) is 0 Å². The number of piperidine rings is 1. The van der Waals surface area contributed by atoms with Crippen LogP contribution < -0.4 is 0 Å². The molecule has 0 radical (unpaired) electrons. The number of amides is 2. The zero-order chi connectivity index (χ0) is 14.8. The lowest BCUT2D eigenvalue weighted by atomic mass is 10.0. The maximum Gasteiger partial charge on any atom is 0.344 e. The highest BCUT2D eigenvalue weighted by molar-refractivity contribution is 6.66. The third-order valence-corrected chi connectivity index (χ3v) is 4.23. The van der Waals surface area contributed by atoms with E-state index in [2.05, 4.69) is 5.16 Å². The first-order valence-electron chi connectivity index (χ1n) is 6.85. The largest absolute Gasteiger partial charge is 0.410 e. The predicted octanol–water partition coefficient (Wildman–Crippen LogP) is 2.41. The van der Waals surface area contributed by atoms with Crippen molar-refractivity contribution in [3.63, 3.8) is 0 Å². The summed E-state index contributed by atoms with van der Waals surface area (Å²) in [6, 6.07) is 9.14. The molecule has 2 aliphatic rings. The molecular weight excluding hydrogens is 294 g/mol. The second-order valence-electron chi connectivity index (χ2n) is 5.19. The smallest absolute Gasteiger partial charge is 0.344 e. The standard InChI is InChI=1S/C14H16ClN3O3/c15-13(16-20)12-7-6-11-8-17(12)14(19)18(11)21-9-10-4-2-1-3-5-10/h1-5,11-12,20H,6-9H2/b16-13-/t11?,12-/m0/s1. The third kappa shape index (κ3) is 2.69. The molecule has 2 amide bonds. The quantitative estimate of drug-likeness (QED) is 0.528. The summed E-state index contributed by atoms with van der Waals surface area (Å²) in [4.78, 5) is 19.6. The molecule has 2 bridgehead atoms. The van der Waals surface area contributed by atoms with Gasteiger partial charge < -0.3 is 10.1 Å². The molecule has 2 saturated heterocycles. The van der Waals surface area contributed by atoms with E-state index in [4.69, 9.17) is 21.6 Å². The van der Waals surface area contributed by atoms with E-state index in [1.54, 1.807) is 4.90 Å². The molecule has 1 aromatic rings. The molecule has 0 aliphatic carbocycles. The Labute approximate surface area is 127 Å². The van der Waals surface area contributed by atoms with Crippen LogP contribution in [0.15, 0.2) is 35.5 Å². The number of rotatable bonds is 4. The summed E-state index contributed by atoms with van der Waals surface area (Å²) in [7, 11) is 0. The Kier molecular flexibility index (Phi) is 3.98. The summed E-state index contributed by atoms with van der Waals surface area (Å²) in [5.41, 5.74) is 1.01. The fraction of sp³-hybridized carbons (Fsp3) is 0.429. The van der Waals surface area contributed by atoms with Crippen molar-refractivity contribution in [2.24, 2.45) is 5.16 Å². The second kappa shape index (κ2) is 5.91. The minimum absolute atomic E-state index is 0.0284. The van der Waals surface area contributed by atoms with Gasteiger partial charge in [0.1, 0.15) is 6.61 Å². The molecule has 2 fully saturated rings. The lowest BCUT2D eigenvalue weighted by Crippen LogP contribution is -2.43. The number of halogens is 1. The van der Waals surface area contributed by atoms with Crippen LogP contribution in [-0.2, 0) is 11.4 Å². The summed E-state index contributed by atoms with van der Waals surface area (Å²) in [5.74, 6) is 0. The van der Waals surface area contributed by atoms with Crippen molar-refractivity contribution in [3.8, 4) is 0 Å². The van der Waals surface area contributed by atoms with E-state index in [1.165, 1.54) is 5.06 Å². The van der Waals surface area contributed by atoms with Crippen molar-refractivity contribution >= 4 is 22.8 Å². The van der Waals surface area contributed by atoms with Gasteiger partial charge in [-0.3, -0.25) is 4.84 Å². The van der Waals surface area contributed by atoms with Gasteiger partial charge in [0.15, 0.2) is 5.17 Å². The number of urea groups is 1. The van der Waals surface area contributed by atoms with Gasteiger partial charge in [-0.25, -0.2) is 4.79 Å². The molecule has 2 aliphatic heterocycles. The third-order valence-electron chi connectivity index (χ3n) is 3.91. The van der Waals surface area contributed by atoms with Gasteiger partial charge in [-0.2, -0.15) is 5.06 Å². The Morgan fingerprint density at radius 2 is 2.14 bits per heavy atom. The van der Waals surface area contributed by atoms with Gasteiger partial charge in [-0.05, 0) is 18.4 Å². The summed E-state index contributed by atoms with van der Waals surface area (Å²) < 4.78 is 0. The van der Waals surface area contributed by atoms with Gasteiger partial charge in [0.05, 0.1) is 12.1 Å². The molecule has 21 heavy (non-hydrogen) atoms. The Balaban J connectivity index is 1.67. The molecule has 1 N–H and O–H groups in total. The minimum atomic E-state index is -0.356. The van der Waals surface area contributed by atoms with E-state index < -0.39 is 0 Å². The Bertz CT molecular complexity index is 552. The van der Waals surface area contributed by atoms with Crippen molar-refractivity contribution in [1.29, 1.82) is 0 Å². The van der Waals surface area contributed by atoms with E-state index in [-0.39, 0.29) is 23.3 Å². The van der Waals surface area contributed by atoms with E-state index in [1.807, 2.05) is 30.3 Å². The van der Waals surface area contributed by atoms with Crippen LogP contribution in [0.4, 0.5) is 4.79 Å². The molecule has 7 heteroatoms. The molecule has 0 aromatic heterocycles. The highest BCUT2D eigenvalue weighted by Crippen LogP contribution is 2.31. The number of hydrogen-bond donors (Lipinski definition) is 1. The summed E-state index contributed by atoms with van der Waals surface area (Å²) in [5, 5.41) is 13.3. The van der Waals surface area contributed by atoms with Crippen LogP contribution >= 0.6 is 11.6 Å². The molecule has 6 nitrogen and oxygen atoms in total. The molecule has 2 heterocycles. The van der Waals surface area contributed by atoms with Crippen LogP contribution in [0.1, 0.15) is 18.4 Å². The van der Waals surface area contributed by atoms with Gasteiger partial charge in [-0.1, -0.05) is 47.1 Å². The number of carbonyl (C=O) groups excluding carboxylic acids is 1. The number of hydrogen-bond acceptors (Lipinski definition) is 4. The van der Waals surface area contributed by atoms with Crippen molar-refractivity contribution in [2.45, 2.75) is 31.5 Å². The zero-order valence-electron chi connectivity index (χ0n) is 11.4. The van der Waals surface area contributed by atoms with Crippen LogP contribution in [0.2, 0.25) is 0 Å². The van der Waals surface area contributed by atoms with E-state index in [0.29, 0.717) is 19.6 Å². The number of benzene rings is 1. The second-order valence-corrected chi connectivity index (χ2v) is 5.58. The lowest BCUT2D eigenvalue weighted by molar-refractivity contribution is -0.140. The van der Waals surface area contributed by atoms with Gasteiger partial charge in [0, 0.05) is 6.54 Å². The van der Waals surface area contributed by atoms with Crippen LogP contribution in [-0.4, -0.2) is 45.0 Å². The topological polar surface area (TPSA) is 65.4 Å². The summed E-state index contributed by atoms with van der Waals surface area (Å²) >= 11 is 5.87. The monoisotopic (exact) mass is 309 g/mol. The van der Waals surface area contributed by atoms with Crippen molar-refractivity contribution in [2.75, 3.05) is 6.54 Å². The fourth-order valence-electron chi connectivity index (χ4n) is 2.83.